The first kappa shape index (κ1) is 14.7. The van der Waals surface area contributed by atoms with E-state index in [9.17, 15) is 0 Å². The summed E-state index contributed by atoms with van der Waals surface area (Å²) < 4.78 is 1.22. The first-order valence-electron chi connectivity index (χ1n) is 6.44. The van der Waals surface area contributed by atoms with Crippen molar-refractivity contribution in [3.63, 3.8) is 0 Å². The van der Waals surface area contributed by atoms with Gasteiger partial charge in [0.25, 0.3) is 0 Å². The second kappa shape index (κ2) is 7.17. The van der Waals surface area contributed by atoms with E-state index in [0.717, 1.165) is 18.4 Å². The predicted octanol–water partition coefficient (Wildman–Crippen LogP) is 4.56. The van der Waals surface area contributed by atoms with E-state index in [1.165, 1.54) is 23.1 Å². The molecule has 1 rings (SSSR count). The van der Waals surface area contributed by atoms with E-state index in [4.69, 9.17) is 0 Å². The van der Waals surface area contributed by atoms with Crippen LogP contribution in [0.3, 0.4) is 0 Å². The number of hydrogen-bond acceptors (Lipinski definition) is 1. The van der Waals surface area contributed by atoms with Crippen LogP contribution in [0.2, 0.25) is 0 Å². The van der Waals surface area contributed by atoms with Gasteiger partial charge in [0.1, 0.15) is 0 Å². The summed E-state index contributed by atoms with van der Waals surface area (Å²) in [6, 6.07) is 8.52. The zero-order valence-electron chi connectivity index (χ0n) is 11.4. The molecule has 0 saturated carbocycles. The lowest BCUT2D eigenvalue weighted by atomic mass is 10.1. The fourth-order valence-corrected chi connectivity index (χ4v) is 2.51. The second-order valence-corrected chi connectivity index (χ2v) is 6.43. The standard InChI is InChI=1S/C15H24BrN/c1-12(2)9-17(10-13(3)4)11-14-7-5-6-8-15(14)16/h5-8,12-13H,9-11H2,1-4H3. The molecule has 0 aliphatic heterocycles. The van der Waals surface area contributed by atoms with E-state index in [1.807, 2.05) is 0 Å². The van der Waals surface area contributed by atoms with E-state index >= 15 is 0 Å². The molecule has 0 bridgehead atoms. The highest BCUT2D eigenvalue weighted by Gasteiger charge is 2.11. The van der Waals surface area contributed by atoms with Crippen LogP contribution in [0.25, 0.3) is 0 Å². The minimum absolute atomic E-state index is 0.719. The molecule has 96 valence electrons. The molecule has 0 aliphatic carbocycles. The number of halogens is 1. The summed E-state index contributed by atoms with van der Waals surface area (Å²) >= 11 is 3.63. The van der Waals surface area contributed by atoms with E-state index in [2.05, 4.69) is 72.8 Å². The average Bonchev–Trinajstić information content (AvgIpc) is 2.19. The topological polar surface area (TPSA) is 3.24 Å². The van der Waals surface area contributed by atoms with Crippen LogP contribution in [-0.4, -0.2) is 18.0 Å². The van der Waals surface area contributed by atoms with E-state index in [-0.39, 0.29) is 0 Å². The van der Waals surface area contributed by atoms with Gasteiger partial charge >= 0.3 is 0 Å². The highest BCUT2D eigenvalue weighted by molar-refractivity contribution is 9.10. The van der Waals surface area contributed by atoms with Crippen molar-refractivity contribution in [3.8, 4) is 0 Å². The molecule has 1 aromatic rings. The third-order valence-electron chi connectivity index (χ3n) is 2.60. The largest absolute Gasteiger partial charge is 0.299 e. The van der Waals surface area contributed by atoms with Gasteiger partial charge in [0, 0.05) is 24.1 Å². The molecule has 0 heterocycles. The second-order valence-electron chi connectivity index (χ2n) is 5.57. The third kappa shape index (κ3) is 5.69. The average molecular weight is 298 g/mol. The van der Waals surface area contributed by atoms with Crippen LogP contribution in [0.5, 0.6) is 0 Å². The molecule has 0 atom stereocenters. The molecule has 0 saturated heterocycles. The first-order valence-corrected chi connectivity index (χ1v) is 7.24. The monoisotopic (exact) mass is 297 g/mol. The number of hydrogen-bond donors (Lipinski definition) is 0. The third-order valence-corrected chi connectivity index (χ3v) is 3.37. The Kier molecular flexibility index (Phi) is 6.21. The van der Waals surface area contributed by atoms with Crippen LogP contribution in [-0.2, 0) is 6.54 Å². The Morgan fingerprint density at radius 3 is 2.00 bits per heavy atom. The number of nitrogens with zero attached hydrogens (tertiary/aromatic N) is 1. The zero-order valence-corrected chi connectivity index (χ0v) is 13.0. The Morgan fingerprint density at radius 2 is 1.53 bits per heavy atom. The van der Waals surface area contributed by atoms with Crippen molar-refractivity contribution in [1.82, 2.24) is 4.90 Å². The molecular formula is C15H24BrN. The Morgan fingerprint density at radius 1 is 1.00 bits per heavy atom. The van der Waals surface area contributed by atoms with Crippen molar-refractivity contribution in [2.75, 3.05) is 13.1 Å². The summed E-state index contributed by atoms with van der Waals surface area (Å²) in [6.45, 7) is 12.5. The zero-order chi connectivity index (χ0) is 12.8. The summed E-state index contributed by atoms with van der Waals surface area (Å²) in [4.78, 5) is 2.55. The summed E-state index contributed by atoms with van der Waals surface area (Å²) in [7, 11) is 0. The molecule has 0 fully saturated rings. The fourth-order valence-electron chi connectivity index (χ4n) is 2.10. The minimum atomic E-state index is 0.719. The van der Waals surface area contributed by atoms with E-state index in [0.29, 0.717) is 0 Å². The molecule has 0 radical (unpaired) electrons. The summed E-state index contributed by atoms with van der Waals surface area (Å²) in [5.74, 6) is 1.44. The van der Waals surface area contributed by atoms with Crippen molar-refractivity contribution >= 4 is 15.9 Å². The lowest BCUT2D eigenvalue weighted by Gasteiger charge is -2.26. The van der Waals surface area contributed by atoms with Gasteiger partial charge in [-0.25, -0.2) is 0 Å². The molecule has 0 amide bonds. The van der Waals surface area contributed by atoms with Crippen molar-refractivity contribution in [2.24, 2.45) is 11.8 Å². The van der Waals surface area contributed by atoms with Gasteiger partial charge < -0.3 is 0 Å². The Hall–Kier alpha value is -0.340. The van der Waals surface area contributed by atoms with Crippen LogP contribution in [0.4, 0.5) is 0 Å². The Bertz CT molecular complexity index is 323. The molecule has 1 aromatic carbocycles. The van der Waals surface area contributed by atoms with Gasteiger partial charge in [0.2, 0.25) is 0 Å². The lowest BCUT2D eigenvalue weighted by Crippen LogP contribution is -2.31. The van der Waals surface area contributed by atoms with Gasteiger partial charge in [-0.2, -0.15) is 0 Å². The summed E-state index contributed by atoms with van der Waals surface area (Å²) in [6.07, 6.45) is 0. The highest BCUT2D eigenvalue weighted by Crippen LogP contribution is 2.19. The van der Waals surface area contributed by atoms with Gasteiger partial charge in [0.05, 0.1) is 0 Å². The van der Waals surface area contributed by atoms with Crippen LogP contribution in [0.15, 0.2) is 28.7 Å². The summed E-state index contributed by atoms with van der Waals surface area (Å²) in [5.41, 5.74) is 1.38. The van der Waals surface area contributed by atoms with E-state index < -0.39 is 0 Å². The lowest BCUT2D eigenvalue weighted by molar-refractivity contribution is 0.211. The van der Waals surface area contributed by atoms with Crippen LogP contribution in [0, 0.1) is 11.8 Å². The summed E-state index contributed by atoms with van der Waals surface area (Å²) in [5, 5.41) is 0. The smallest absolute Gasteiger partial charge is 0.0245 e. The van der Waals surface area contributed by atoms with Crippen molar-refractivity contribution in [1.29, 1.82) is 0 Å². The van der Waals surface area contributed by atoms with Crippen molar-refractivity contribution in [3.05, 3.63) is 34.3 Å². The van der Waals surface area contributed by atoms with Crippen molar-refractivity contribution < 1.29 is 0 Å². The molecule has 2 heteroatoms. The molecule has 0 aromatic heterocycles. The molecular weight excluding hydrogens is 274 g/mol. The fraction of sp³-hybridized carbons (Fsp3) is 0.600. The maximum Gasteiger partial charge on any atom is 0.0245 e. The molecule has 17 heavy (non-hydrogen) atoms. The normalized spacial score (nSPS) is 11.8. The van der Waals surface area contributed by atoms with Crippen LogP contribution >= 0.6 is 15.9 Å². The van der Waals surface area contributed by atoms with Gasteiger partial charge in [-0.1, -0.05) is 61.8 Å². The SMILES string of the molecule is CC(C)CN(Cc1ccccc1Br)CC(C)C. The van der Waals surface area contributed by atoms with Gasteiger partial charge in [-0.15, -0.1) is 0 Å². The predicted molar refractivity (Wildman–Crippen MR) is 79.1 cm³/mol. The maximum atomic E-state index is 3.63. The van der Waals surface area contributed by atoms with Gasteiger partial charge in [0.15, 0.2) is 0 Å². The molecule has 0 spiro atoms. The molecule has 0 aliphatic rings. The molecule has 1 nitrogen and oxygen atoms in total. The van der Waals surface area contributed by atoms with Crippen molar-refractivity contribution in [2.45, 2.75) is 34.2 Å². The molecule has 0 unspecified atom stereocenters. The maximum absolute atomic E-state index is 3.63. The first-order chi connectivity index (χ1) is 7.99. The minimum Gasteiger partial charge on any atom is -0.299 e. The van der Waals surface area contributed by atoms with Gasteiger partial charge in [-0.3, -0.25) is 4.90 Å². The Labute approximate surface area is 114 Å². The number of rotatable bonds is 6. The molecule has 0 N–H and O–H groups in total. The van der Waals surface area contributed by atoms with Gasteiger partial charge in [-0.05, 0) is 23.5 Å². The number of benzene rings is 1. The highest BCUT2D eigenvalue weighted by atomic mass is 79.9. The van der Waals surface area contributed by atoms with Crippen LogP contribution in [0.1, 0.15) is 33.3 Å². The van der Waals surface area contributed by atoms with Crippen LogP contribution < -0.4 is 0 Å². The van der Waals surface area contributed by atoms with E-state index in [1.54, 1.807) is 0 Å². The quantitative estimate of drug-likeness (QED) is 0.744. The Balaban J connectivity index is 2.68.